The third-order valence-corrected chi connectivity index (χ3v) is 3.48. The van der Waals surface area contributed by atoms with Gasteiger partial charge in [-0.05, 0) is 25.4 Å². The number of nitrogens with one attached hydrogen (secondary N) is 1. The van der Waals surface area contributed by atoms with Crippen LogP contribution >= 0.6 is 0 Å². The van der Waals surface area contributed by atoms with Crippen LogP contribution in [0.2, 0.25) is 0 Å². The Kier molecular flexibility index (Phi) is 3.42. The summed E-state index contributed by atoms with van der Waals surface area (Å²) in [5, 5.41) is 18.4. The van der Waals surface area contributed by atoms with Crippen molar-refractivity contribution in [3.63, 3.8) is 0 Å². The Morgan fingerprint density at radius 3 is 3.00 bits per heavy atom. The van der Waals surface area contributed by atoms with Crippen LogP contribution in [0.1, 0.15) is 6.42 Å². The molecule has 1 aromatic heterocycles. The Hall–Kier alpha value is -2.28. The highest BCUT2D eigenvalue weighted by molar-refractivity contribution is 5.58. The molecule has 3 rings (SSSR count). The molecule has 2 heterocycles. The fourth-order valence-corrected chi connectivity index (χ4v) is 2.16. The second-order valence-electron chi connectivity index (χ2n) is 4.95. The highest BCUT2D eigenvalue weighted by Crippen LogP contribution is 2.20. The molecule has 0 amide bonds. The van der Waals surface area contributed by atoms with Gasteiger partial charge in [0.05, 0.1) is 4.92 Å². The van der Waals surface area contributed by atoms with Crippen LogP contribution in [-0.4, -0.2) is 32.8 Å². The molecule has 1 saturated heterocycles. The van der Waals surface area contributed by atoms with E-state index in [9.17, 15) is 10.1 Å². The topological polar surface area (TPSA) is 85.9 Å². The quantitative estimate of drug-likeness (QED) is 0.658. The summed E-state index contributed by atoms with van der Waals surface area (Å²) in [6.07, 6.45) is 2.75. The summed E-state index contributed by atoms with van der Waals surface area (Å²) in [5.74, 6) is 1.25. The normalized spacial score (nSPS) is 15.0. The second kappa shape index (κ2) is 5.38. The van der Waals surface area contributed by atoms with Gasteiger partial charge >= 0.3 is 0 Å². The van der Waals surface area contributed by atoms with E-state index in [0.29, 0.717) is 11.4 Å². The molecule has 0 atom stereocenters. The monoisotopic (exact) mass is 273 g/mol. The average molecular weight is 273 g/mol. The Morgan fingerprint density at radius 1 is 1.45 bits per heavy atom. The van der Waals surface area contributed by atoms with Crippen LogP contribution in [0, 0.1) is 16.0 Å². The molecule has 7 heteroatoms. The minimum atomic E-state index is -0.413. The van der Waals surface area contributed by atoms with E-state index in [1.165, 1.54) is 12.1 Å². The second-order valence-corrected chi connectivity index (χ2v) is 4.95. The van der Waals surface area contributed by atoms with Gasteiger partial charge in [0.15, 0.2) is 5.82 Å². The molecular formula is C13H15N5O2. The van der Waals surface area contributed by atoms with Gasteiger partial charge in [-0.3, -0.25) is 14.8 Å². The maximum atomic E-state index is 10.8. The Morgan fingerprint density at radius 2 is 2.30 bits per heavy atom. The van der Waals surface area contributed by atoms with Crippen LogP contribution in [0.3, 0.4) is 0 Å². The number of nitrogens with zero attached hydrogens (tertiary/aromatic N) is 4. The fraction of sp³-hybridized carbons (Fsp3) is 0.385. The van der Waals surface area contributed by atoms with Crippen molar-refractivity contribution < 1.29 is 4.92 Å². The largest absolute Gasteiger partial charge is 0.316 e. The van der Waals surface area contributed by atoms with Gasteiger partial charge in [0.25, 0.3) is 5.69 Å². The van der Waals surface area contributed by atoms with Gasteiger partial charge in [-0.2, -0.15) is 5.10 Å². The van der Waals surface area contributed by atoms with E-state index in [0.717, 1.165) is 32.0 Å². The van der Waals surface area contributed by atoms with Gasteiger partial charge in [-0.1, -0.05) is 12.1 Å². The van der Waals surface area contributed by atoms with Crippen molar-refractivity contribution in [3.05, 3.63) is 40.7 Å². The Balaban J connectivity index is 1.71. The van der Waals surface area contributed by atoms with Crippen molar-refractivity contribution in [1.29, 1.82) is 0 Å². The van der Waals surface area contributed by atoms with Crippen LogP contribution in [0.5, 0.6) is 0 Å². The first-order valence-electron chi connectivity index (χ1n) is 6.57. The Bertz CT molecular complexity index is 621. The summed E-state index contributed by atoms with van der Waals surface area (Å²) in [6, 6.07) is 6.39. The molecule has 1 N–H and O–H groups in total. The molecule has 1 aliphatic rings. The number of non-ortho nitro benzene ring substituents is 1. The lowest BCUT2D eigenvalue weighted by atomic mass is 10.00. The lowest BCUT2D eigenvalue weighted by Crippen LogP contribution is -2.42. The summed E-state index contributed by atoms with van der Waals surface area (Å²) in [5.41, 5.74) is 0.725. The molecule has 0 radical (unpaired) electrons. The number of aryl methyl sites for hydroxylation is 1. The van der Waals surface area contributed by atoms with E-state index in [1.54, 1.807) is 23.1 Å². The van der Waals surface area contributed by atoms with Crippen molar-refractivity contribution in [3.8, 4) is 11.4 Å². The van der Waals surface area contributed by atoms with Crippen molar-refractivity contribution in [2.75, 3.05) is 13.1 Å². The minimum absolute atomic E-state index is 0.0550. The number of aromatic nitrogens is 3. The van der Waals surface area contributed by atoms with Gasteiger partial charge in [-0.15, -0.1) is 0 Å². The predicted molar refractivity (Wildman–Crippen MR) is 73.1 cm³/mol. The molecule has 0 unspecified atom stereocenters. The highest BCUT2D eigenvalue weighted by Gasteiger charge is 2.16. The van der Waals surface area contributed by atoms with Gasteiger partial charge in [-0.25, -0.2) is 4.98 Å². The van der Waals surface area contributed by atoms with Crippen LogP contribution < -0.4 is 5.32 Å². The number of rotatable bonds is 5. The summed E-state index contributed by atoms with van der Waals surface area (Å²) in [6.45, 7) is 2.98. The molecule has 0 spiro atoms. The number of hydrogen-bond donors (Lipinski definition) is 1. The lowest BCUT2D eigenvalue weighted by molar-refractivity contribution is -0.384. The van der Waals surface area contributed by atoms with E-state index in [-0.39, 0.29) is 5.69 Å². The molecular weight excluding hydrogens is 258 g/mol. The standard InChI is InChI=1S/C13H15N5O2/c19-18(20)12-3-1-2-11(6-12)13-15-9-17(16-13)5-4-10-7-14-8-10/h1-3,6,9-10,14H,4-5,7-8H2. The zero-order valence-corrected chi connectivity index (χ0v) is 10.9. The molecule has 2 aromatic rings. The summed E-state index contributed by atoms with van der Waals surface area (Å²) < 4.78 is 1.80. The number of hydrogen-bond acceptors (Lipinski definition) is 5. The molecule has 0 bridgehead atoms. The zero-order valence-electron chi connectivity index (χ0n) is 10.9. The average Bonchev–Trinajstić information content (AvgIpc) is 2.86. The first kappa shape index (κ1) is 12.7. The van der Waals surface area contributed by atoms with E-state index in [2.05, 4.69) is 15.4 Å². The van der Waals surface area contributed by atoms with Crippen molar-refractivity contribution in [1.82, 2.24) is 20.1 Å². The summed E-state index contributed by atoms with van der Waals surface area (Å²) in [7, 11) is 0. The molecule has 1 aliphatic heterocycles. The molecule has 20 heavy (non-hydrogen) atoms. The van der Waals surface area contributed by atoms with Gasteiger partial charge in [0, 0.05) is 24.2 Å². The van der Waals surface area contributed by atoms with Crippen molar-refractivity contribution >= 4 is 5.69 Å². The maximum Gasteiger partial charge on any atom is 0.270 e. The van der Waals surface area contributed by atoms with Crippen LogP contribution in [0.15, 0.2) is 30.6 Å². The first-order chi connectivity index (χ1) is 9.72. The highest BCUT2D eigenvalue weighted by atomic mass is 16.6. The molecule has 1 fully saturated rings. The Labute approximate surface area is 115 Å². The van der Waals surface area contributed by atoms with Gasteiger partial charge < -0.3 is 5.32 Å². The summed E-state index contributed by atoms with van der Waals surface area (Å²) in [4.78, 5) is 14.6. The van der Waals surface area contributed by atoms with Crippen molar-refractivity contribution in [2.24, 2.45) is 5.92 Å². The van der Waals surface area contributed by atoms with Gasteiger partial charge in [0.2, 0.25) is 0 Å². The maximum absolute atomic E-state index is 10.8. The molecule has 1 aromatic carbocycles. The number of nitro benzene ring substituents is 1. The fourth-order valence-electron chi connectivity index (χ4n) is 2.16. The van der Waals surface area contributed by atoms with E-state index in [4.69, 9.17) is 0 Å². The minimum Gasteiger partial charge on any atom is -0.316 e. The van der Waals surface area contributed by atoms with Crippen molar-refractivity contribution in [2.45, 2.75) is 13.0 Å². The third-order valence-electron chi connectivity index (χ3n) is 3.48. The zero-order chi connectivity index (χ0) is 13.9. The molecule has 7 nitrogen and oxygen atoms in total. The smallest absolute Gasteiger partial charge is 0.270 e. The van der Waals surface area contributed by atoms with Crippen LogP contribution in [0.4, 0.5) is 5.69 Å². The van der Waals surface area contributed by atoms with E-state index >= 15 is 0 Å². The first-order valence-corrected chi connectivity index (χ1v) is 6.57. The summed E-state index contributed by atoms with van der Waals surface area (Å²) >= 11 is 0. The van der Waals surface area contributed by atoms with Crippen LogP contribution in [0.25, 0.3) is 11.4 Å². The predicted octanol–water partition coefficient (Wildman–Crippen LogP) is 1.46. The third kappa shape index (κ3) is 2.67. The lowest BCUT2D eigenvalue weighted by Gasteiger charge is -2.26. The number of nitro groups is 1. The van der Waals surface area contributed by atoms with Crippen LogP contribution in [-0.2, 0) is 6.54 Å². The van der Waals surface area contributed by atoms with Gasteiger partial charge in [0.1, 0.15) is 6.33 Å². The molecule has 0 aliphatic carbocycles. The molecule has 104 valence electrons. The number of benzene rings is 1. The molecule has 0 saturated carbocycles. The SMILES string of the molecule is O=[N+]([O-])c1cccc(-c2ncn(CCC3CNC3)n2)c1. The van der Waals surface area contributed by atoms with E-state index < -0.39 is 4.92 Å². The van der Waals surface area contributed by atoms with E-state index in [1.807, 2.05) is 0 Å².